The van der Waals surface area contributed by atoms with Gasteiger partial charge in [-0.25, -0.2) is 4.79 Å². The molecule has 1 aliphatic carbocycles. The quantitative estimate of drug-likeness (QED) is 0.461. The first-order valence-corrected chi connectivity index (χ1v) is 10.4. The van der Waals surface area contributed by atoms with Gasteiger partial charge in [0, 0.05) is 21.9 Å². The fraction of sp³-hybridized carbons (Fsp3) is 0.381. The van der Waals surface area contributed by atoms with E-state index in [0.29, 0.717) is 11.3 Å². The zero-order valence-electron chi connectivity index (χ0n) is 14.9. The fourth-order valence-electron chi connectivity index (χ4n) is 3.70. The minimum absolute atomic E-state index is 0.0305. The Morgan fingerprint density at radius 2 is 2.00 bits per heavy atom. The highest BCUT2D eigenvalue weighted by atomic mass is 35.5. The van der Waals surface area contributed by atoms with Gasteiger partial charge in [-0.15, -0.1) is 22.9 Å². The van der Waals surface area contributed by atoms with Gasteiger partial charge in [-0.05, 0) is 61.4 Å². The standard InChI is InChI=1S/C21H24ClNO3S/c22-18-12-19(24)17(10-6-13-4-7-14(23)8-5-13)16(18)3-1-2-15-9-11-20(27-15)21(25)26/h4-11,16-19,24H,1-3,12,23H2,(H,25,26)/t16-,17-,18-,19-/m1/s1. The number of benzene rings is 1. The Morgan fingerprint density at radius 1 is 1.26 bits per heavy atom. The molecule has 144 valence electrons. The number of carbonyl (C=O) groups is 1. The number of nitrogen functional groups attached to an aromatic ring is 1. The van der Waals surface area contributed by atoms with Crippen LogP contribution in [0.1, 0.15) is 39.4 Å². The average molecular weight is 406 g/mol. The number of carboxylic acids is 1. The molecular formula is C21H24ClNO3S. The summed E-state index contributed by atoms with van der Waals surface area (Å²) in [6.07, 6.45) is 6.93. The molecule has 1 aromatic carbocycles. The molecule has 0 saturated heterocycles. The van der Waals surface area contributed by atoms with Crippen LogP contribution in [0.25, 0.3) is 6.08 Å². The molecule has 1 aromatic heterocycles. The molecule has 2 aromatic rings. The van der Waals surface area contributed by atoms with Gasteiger partial charge in [-0.1, -0.05) is 24.3 Å². The zero-order chi connectivity index (χ0) is 19.4. The van der Waals surface area contributed by atoms with E-state index in [4.69, 9.17) is 22.4 Å². The minimum Gasteiger partial charge on any atom is -0.477 e. The first-order valence-electron chi connectivity index (χ1n) is 9.12. The Bertz CT molecular complexity index is 802. The molecular weight excluding hydrogens is 382 g/mol. The molecule has 6 heteroatoms. The van der Waals surface area contributed by atoms with Crippen LogP contribution in [-0.2, 0) is 6.42 Å². The molecule has 1 saturated carbocycles. The van der Waals surface area contributed by atoms with Crippen molar-refractivity contribution in [2.24, 2.45) is 11.8 Å². The van der Waals surface area contributed by atoms with Crippen molar-refractivity contribution in [1.29, 1.82) is 0 Å². The van der Waals surface area contributed by atoms with Gasteiger partial charge in [0.2, 0.25) is 0 Å². The summed E-state index contributed by atoms with van der Waals surface area (Å²) in [6.45, 7) is 0. The van der Waals surface area contributed by atoms with Gasteiger partial charge in [0.1, 0.15) is 4.88 Å². The van der Waals surface area contributed by atoms with Crippen LogP contribution >= 0.6 is 22.9 Å². The summed E-state index contributed by atoms with van der Waals surface area (Å²) in [5, 5.41) is 19.4. The number of nitrogens with two attached hydrogens (primary N) is 1. The van der Waals surface area contributed by atoms with E-state index in [0.717, 1.165) is 35.4 Å². The number of aromatic carboxylic acids is 1. The van der Waals surface area contributed by atoms with Crippen LogP contribution in [0.2, 0.25) is 0 Å². The van der Waals surface area contributed by atoms with Gasteiger partial charge in [0.15, 0.2) is 0 Å². The molecule has 0 spiro atoms. The van der Waals surface area contributed by atoms with Gasteiger partial charge in [0.25, 0.3) is 0 Å². The van der Waals surface area contributed by atoms with Crippen LogP contribution in [0.4, 0.5) is 5.69 Å². The van der Waals surface area contributed by atoms with E-state index in [9.17, 15) is 9.90 Å². The smallest absolute Gasteiger partial charge is 0.345 e. The second kappa shape index (κ2) is 8.91. The summed E-state index contributed by atoms with van der Waals surface area (Å²) in [6, 6.07) is 11.2. The van der Waals surface area contributed by atoms with E-state index in [-0.39, 0.29) is 17.2 Å². The molecule has 27 heavy (non-hydrogen) atoms. The van der Waals surface area contributed by atoms with E-state index in [1.54, 1.807) is 6.07 Å². The number of halogens is 1. The Labute approximate surface area is 168 Å². The molecule has 1 aliphatic rings. The molecule has 0 bridgehead atoms. The van der Waals surface area contributed by atoms with Crippen molar-refractivity contribution in [3.8, 4) is 0 Å². The summed E-state index contributed by atoms with van der Waals surface area (Å²) in [4.78, 5) is 12.4. The van der Waals surface area contributed by atoms with Gasteiger partial charge in [0.05, 0.1) is 6.10 Å². The molecule has 0 aliphatic heterocycles. The lowest BCUT2D eigenvalue weighted by atomic mass is 9.89. The SMILES string of the molecule is Nc1ccc(C=C[C@@H]2[C@@H](CCCc3ccc(C(=O)O)s3)[C@H](Cl)C[C@H]2O)cc1. The van der Waals surface area contributed by atoms with Crippen LogP contribution in [0, 0.1) is 11.8 Å². The van der Waals surface area contributed by atoms with Gasteiger partial charge >= 0.3 is 5.97 Å². The maximum Gasteiger partial charge on any atom is 0.345 e. The van der Waals surface area contributed by atoms with E-state index >= 15 is 0 Å². The Hall–Kier alpha value is -1.82. The lowest BCUT2D eigenvalue weighted by Gasteiger charge is -2.20. The van der Waals surface area contributed by atoms with E-state index in [1.807, 2.05) is 36.4 Å². The predicted molar refractivity (Wildman–Crippen MR) is 111 cm³/mol. The van der Waals surface area contributed by atoms with Gasteiger partial charge in [-0.3, -0.25) is 0 Å². The number of anilines is 1. The van der Waals surface area contributed by atoms with Crippen LogP contribution < -0.4 is 5.73 Å². The summed E-state index contributed by atoms with van der Waals surface area (Å²) in [5.41, 5.74) is 7.49. The van der Waals surface area contributed by atoms with E-state index < -0.39 is 12.1 Å². The number of rotatable bonds is 7. The van der Waals surface area contributed by atoms with Crippen molar-refractivity contribution in [1.82, 2.24) is 0 Å². The highest BCUT2D eigenvalue weighted by Crippen LogP contribution is 2.40. The maximum atomic E-state index is 11.0. The summed E-state index contributed by atoms with van der Waals surface area (Å²) < 4.78 is 0. The van der Waals surface area contributed by atoms with Crippen molar-refractivity contribution < 1.29 is 15.0 Å². The minimum atomic E-state index is -0.876. The highest BCUT2D eigenvalue weighted by Gasteiger charge is 2.39. The van der Waals surface area contributed by atoms with Gasteiger partial charge in [-0.2, -0.15) is 0 Å². The molecule has 0 radical (unpaired) electrons. The molecule has 4 nitrogen and oxygen atoms in total. The Balaban J connectivity index is 1.59. The maximum absolute atomic E-state index is 11.0. The second-order valence-corrected chi connectivity index (χ2v) is 8.78. The molecule has 4 atom stereocenters. The summed E-state index contributed by atoms with van der Waals surface area (Å²) in [5.74, 6) is -0.632. The molecule has 0 amide bonds. The monoisotopic (exact) mass is 405 g/mol. The third-order valence-electron chi connectivity index (χ3n) is 5.15. The second-order valence-electron chi connectivity index (χ2n) is 7.05. The van der Waals surface area contributed by atoms with Crippen molar-refractivity contribution in [2.45, 2.75) is 37.2 Å². The van der Waals surface area contributed by atoms with Crippen LogP contribution in [0.3, 0.4) is 0 Å². The molecule has 0 unspecified atom stereocenters. The highest BCUT2D eigenvalue weighted by molar-refractivity contribution is 7.13. The first kappa shape index (κ1) is 19.9. The van der Waals surface area contributed by atoms with E-state index in [1.165, 1.54) is 11.3 Å². The molecule has 1 fully saturated rings. The van der Waals surface area contributed by atoms with Crippen LogP contribution in [0.5, 0.6) is 0 Å². The number of hydrogen-bond acceptors (Lipinski definition) is 4. The lowest BCUT2D eigenvalue weighted by molar-refractivity contribution is 0.0702. The van der Waals surface area contributed by atoms with Crippen molar-refractivity contribution in [2.75, 3.05) is 5.73 Å². The van der Waals surface area contributed by atoms with Gasteiger partial charge < -0.3 is 15.9 Å². The number of hydrogen-bond donors (Lipinski definition) is 3. The number of thiophene rings is 1. The average Bonchev–Trinajstić information content (AvgIpc) is 3.20. The van der Waals surface area contributed by atoms with Crippen LogP contribution in [0.15, 0.2) is 42.5 Å². The number of carboxylic acid groups (broad SMARTS) is 1. The predicted octanol–water partition coefficient (Wildman–Crippen LogP) is 4.67. The number of aliphatic hydroxyl groups is 1. The summed E-state index contributed by atoms with van der Waals surface area (Å²) >= 11 is 7.84. The first-order chi connectivity index (χ1) is 12.9. The third kappa shape index (κ3) is 5.12. The summed E-state index contributed by atoms with van der Waals surface area (Å²) in [7, 11) is 0. The Kier molecular flexibility index (Phi) is 6.58. The largest absolute Gasteiger partial charge is 0.477 e. The normalized spacial score (nSPS) is 25.3. The number of alkyl halides is 1. The van der Waals surface area contributed by atoms with E-state index in [2.05, 4.69) is 6.08 Å². The lowest BCUT2D eigenvalue weighted by Crippen LogP contribution is -2.18. The molecule has 3 rings (SSSR count). The Morgan fingerprint density at radius 3 is 2.67 bits per heavy atom. The number of aliphatic hydroxyl groups excluding tert-OH is 1. The molecule has 1 heterocycles. The number of aryl methyl sites for hydroxylation is 1. The van der Waals surface area contributed by atoms with Crippen molar-refractivity contribution >= 4 is 40.7 Å². The zero-order valence-corrected chi connectivity index (χ0v) is 16.5. The van der Waals surface area contributed by atoms with Crippen LogP contribution in [-0.4, -0.2) is 27.7 Å². The fourth-order valence-corrected chi connectivity index (χ4v) is 5.07. The van der Waals surface area contributed by atoms with Crippen molar-refractivity contribution in [3.05, 3.63) is 57.8 Å². The molecule has 4 N–H and O–H groups in total. The topological polar surface area (TPSA) is 83.6 Å². The third-order valence-corrected chi connectivity index (χ3v) is 6.79. The van der Waals surface area contributed by atoms with Crippen molar-refractivity contribution in [3.63, 3.8) is 0 Å².